The summed E-state index contributed by atoms with van der Waals surface area (Å²) in [6.07, 6.45) is 2.05. The van der Waals surface area contributed by atoms with Crippen molar-refractivity contribution in [2.45, 2.75) is 32.7 Å². The van der Waals surface area contributed by atoms with Gasteiger partial charge in [-0.2, -0.15) is 0 Å². The molecule has 0 atom stereocenters. The molecule has 2 N–H and O–H groups in total. The summed E-state index contributed by atoms with van der Waals surface area (Å²) in [5.74, 6) is 0. The third-order valence-corrected chi connectivity index (χ3v) is 5.03. The monoisotopic (exact) mass is 421 g/mol. The molecular formula is C24H24ClN3O2. The van der Waals surface area contributed by atoms with E-state index in [1.165, 1.54) is 0 Å². The van der Waals surface area contributed by atoms with Crippen LogP contribution in [-0.2, 0) is 11.2 Å². The smallest absolute Gasteiger partial charge is 0.407 e. The van der Waals surface area contributed by atoms with Crippen molar-refractivity contribution in [1.82, 2.24) is 15.3 Å². The molecule has 154 valence electrons. The number of benzene rings is 2. The van der Waals surface area contributed by atoms with Crippen LogP contribution >= 0.6 is 11.6 Å². The predicted octanol–water partition coefficient (Wildman–Crippen LogP) is 6.10. The Bertz CT molecular complexity index is 1220. The van der Waals surface area contributed by atoms with E-state index in [-0.39, 0.29) is 5.54 Å². The van der Waals surface area contributed by atoms with Gasteiger partial charge in [-0.3, -0.25) is 0 Å². The highest BCUT2D eigenvalue weighted by molar-refractivity contribution is 6.32. The van der Waals surface area contributed by atoms with Gasteiger partial charge in [-0.1, -0.05) is 35.9 Å². The van der Waals surface area contributed by atoms with Gasteiger partial charge in [0.25, 0.3) is 0 Å². The Morgan fingerprint density at radius 2 is 2.00 bits per heavy atom. The summed E-state index contributed by atoms with van der Waals surface area (Å²) in [7, 11) is 0. The number of H-pyrrole nitrogens is 1. The van der Waals surface area contributed by atoms with Crippen molar-refractivity contribution in [1.29, 1.82) is 0 Å². The average molecular weight is 422 g/mol. The molecule has 0 fully saturated rings. The molecule has 4 aromatic rings. The van der Waals surface area contributed by atoms with E-state index >= 15 is 0 Å². The fourth-order valence-electron chi connectivity index (χ4n) is 3.53. The lowest BCUT2D eigenvalue weighted by molar-refractivity contribution is 0.139. The maximum Gasteiger partial charge on any atom is 0.407 e. The zero-order valence-electron chi connectivity index (χ0n) is 17.3. The Balaban J connectivity index is 1.60. The lowest BCUT2D eigenvalue weighted by Crippen LogP contribution is -2.41. The molecule has 4 rings (SSSR count). The number of halogens is 1. The lowest BCUT2D eigenvalue weighted by Gasteiger charge is -2.19. The Kier molecular flexibility index (Phi) is 5.39. The van der Waals surface area contributed by atoms with Gasteiger partial charge in [0.05, 0.1) is 6.61 Å². The van der Waals surface area contributed by atoms with E-state index in [2.05, 4.69) is 27.4 Å². The van der Waals surface area contributed by atoms with Crippen molar-refractivity contribution >= 4 is 39.6 Å². The molecule has 5 nitrogen and oxygen atoms in total. The Labute approximate surface area is 180 Å². The maximum atomic E-state index is 11.9. The fourth-order valence-corrected chi connectivity index (χ4v) is 3.70. The molecule has 0 spiro atoms. The van der Waals surface area contributed by atoms with Gasteiger partial charge < -0.3 is 15.0 Å². The number of rotatable bonds is 4. The fraction of sp³-hybridized carbons (Fsp3) is 0.250. The summed E-state index contributed by atoms with van der Waals surface area (Å²) in [5, 5.41) is 5.59. The second-order valence-electron chi connectivity index (χ2n) is 8.36. The molecule has 0 unspecified atom stereocenters. The first-order valence-corrected chi connectivity index (χ1v) is 10.3. The Morgan fingerprint density at radius 1 is 1.17 bits per heavy atom. The van der Waals surface area contributed by atoms with Crippen LogP contribution in [0.3, 0.4) is 0 Å². The van der Waals surface area contributed by atoms with Gasteiger partial charge in [-0.15, -0.1) is 0 Å². The molecule has 0 saturated heterocycles. The Morgan fingerprint density at radius 3 is 2.80 bits per heavy atom. The summed E-state index contributed by atoms with van der Waals surface area (Å²) in [4.78, 5) is 19.7. The van der Waals surface area contributed by atoms with Gasteiger partial charge in [-0.05, 0) is 61.7 Å². The second-order valence-corrected chi connectivity index (χ2v) is 8.79. The van der Waals surface area contributed by atoms with Gasteiger partial charge in [0, 0.05) is 39.5 Å². The minimum absolute atomic E-state index is 0.314. The zero-order valence-corrected chi connectivity index (χ0v) is 18.0. The topological polar surface area (TPSA) is 67.0 Å². The third-order valence-electron chi connectivity index (χ3n) is 4.79. The quantitative estimate of drug-likeness (QED) is 0.418. The predicted molar refractivity (Wildman–Crippen MR) is 122 cm³/mol. The van der Waals surface area contributed by atoms with Crippen LogP contribution in [0.25, 0.3) is 33.1 Å². The van der Waals surface area contributed by atoms with Gasteiger partial charge in [0.2, 0.25) is 0 Å². The van der Waals surface area contributed by atoms with Gasteiger partial charge in [0.1, 0.15) is 5.65 Å². The standard InChI is InChI=1S/C24H24ClN3O2/c1-24(2,3)28-23(29)30-12-10-15-5-4-6-16(13-15)18-9-11-26-22-21(18)19-14-17(25)7-8-20(19)27-22/h4-9,11,13-14H,10,12H2,1-3H3,(H,26,27)(H,28,29). The maximum absolute atomic E-state index is 11.9. The number of aromatic amines is 1. The molecule has 2 heterocycles. The molecule has 0 radical (unpaired) electrons. The first-order chi connectivity index (χ1) is 14.3. The lowest BCUT2D eigenvalue weighted by atomic mass is 9.99. The Hall–Kier alpha value is -3.05. The van der Waals surface area contributed by atoms with Crippen LogP contribution < -0.4 is 5.32 Å². The largest absolute Gasteiger partial charge is 0.449 e. The van der Waals surface area contributed by atoms with E-state index in [9.17, 15) is 4.79 Å². The number of fused-ring (bicyclic) bond motifs is 3. The molecule has 0 bridgehead atoms. The number of nitrogens with zero attached hydrogens (tertiary/aromatic N) is 1. The first kappa shape index (κ1) is 20.2. The van der Waals surface area contributed by atoms with Gasteiger partial charge >= 0.3 is 6.09 Å². The summed E-state index contributed by atoms with van der Waals surface area (Å²) in [6.45, 7) is 6.08. The normalized spacial score (nSPS) is 11.7. The summed E-state index contributed by atoms with van der Waals surface area (Å²) >= 11 is 6.24. The number of pyridine rings is 1. The number of carbonyl (C=O) groups excluding carboxylic acids is 1. The molecule has 0 saturated carbocycles. The van der Waals surface area contributed by atoms with Gasteiger partial charge in [0.15, 0.2) is 0 Å². The molecule has 0 aliphatic carbocycles. The highest BCUT2D eigenvalue weighted by Crippen LogP contribution is 2.34. The van der Waals surface area contributed by atoms with E-state index in [4.69, 9.17) is 16.3 Å². The molecule has 2 aromatic heterocycles. The van der Waals surface area contributed by atoms with Crippen molar-refractivity contribution in [3.63, 3.8) is 0 Å². The molecular weight excluding hydrogens is 398 g/mol. The number of carbonyl (C=O) groups is 1. The number of ether oxygens (including phenoxy) is 1. The summed E-state index contributed by atoms with van der Waals surface area (Å²) in [5.41, 5.74) is 4.79. The number of amides is 1. The first-order valence-electron chi connectivity index (χ1n) is 9.90. The van der Waals surface area contributed by atoms with E-state index in [0.29, 0.717) is 18.1 Å². The van der Waals surface area contributed by atoms with E-state index < -0.39 is 6.09 Å². The second kappa shape index (κ2) is 8.00. The molecule has 0 aliphatic heterocycles. The van der Waals surface area contributed by atoms with E-state index in [1.807, 2.05) is 57.2 Å². The van der Waals surface area contributed by atoms with Crippen LogP contribution in [0.2, 0.25) is 5.02 Å². The summed E-state index contributed by atoms with van der Waals surface area (Å²) < 4.78 is 5.32. The number of nitrogens with one attached hydrogen (secondary N) is 2. The van der Waals surface area contributed by atoms with Crippen molar-refractivity contribution < 1.29 is 9.53 Å². The van der Waals surface area contributed by atoms with Crippen molar-refractivity contribution in [2.75, 3.05) is 6.61 Å². The van der Waals surface area contributed by atoms with E-state index in [0.717, 1.165) is 38.6 Å². The number of alkyl carbamates (subject to hydrolysis) is 1. The molecule has 0 aliphatic rings. The molecule has 1 amide bonds. The minimum Gasteiger partial charge on any atom is -0.449 e. The van der Waals surface area contributed by atoms with Gasteiger partial charge in [-0.25, -0.2) is 9.78 Å². The highest BCUT2D eigenvalue weighted by atomic mass is 35.5. The minimum atomic E-state index is -0.398. The van der Waals surface area contributed by atoms with Crippen LogP contribution in [0.4, 0.5) is 4.79 Å². The summed E-state index contributed by atoms with van der Waals surface area (Å²) in [6, 6.07) is 16.1. The molecule has 2 aromatic carbocycles. The van der Waals surface area contributed by atoms with Crippen LogP contribution in [0, 0.1) is 0 Å². The SMILES string of the molecule is CC(C)(C)NC(=O)OCCc1cccc(-c2ccnc3[nH]c4ccc(Cl)cc4c23)c1. The number of aromatic nitrogens is 2. The average Bonchev–Trinajstić information content (AvgIpc) is 3.05. The molecule has 6 heteroatoms. The van der Waals surface area contributed by atoms with Crippen molar-refractivity contribution in [3.05, 3.63) is 65.3 Å². The van der Waals surface area contributed by atoms with Crippen LogP contribution in [0.1, 0.15) is 26.3 Å². The number of hydrogen-bond acceptors (Lipinski definition) is 3. The van der Waals surface area contributed by atoms with Crippen molar-refractivity contribution in [3.8, 4) is 11.1 Å². The van der Waals surface area contributed by atoms with Crippen molar-refractivity contribution in [2.24, 2.45) is 0 Å². The van der Waals surface area contributed by atoms with Crippen LogP contribution in [0.15, 0.2) is 54.7 Å². The number of hydrogen-bond donors (Lipinski definition) is 2. The molecule has 30 heavy (non-hydrogen) atoms. The van der Waals surface area contributed by atoms with E-state index in [1.54, 1.807) is 6.20 Å². The van der Waals surface area contributed by atoms with Crippen LogP contribution in [0.5, 0.6) is 0 Å². The third kappa shape index (κ3) is 4.41. The highest BCUT2D eigenvalue weighted by Gasteiger charge is 2.15. The zero-order chi connectivity index (χ0) is 21.3. The van der Waals surface area contributed by atoms with Crippen LogP contribution in [-0.4, -0.2) is 28.2 Å².